The number of nitrogens with zero attached hydrogens (tertiary/aromatic N) is 1. The zero-order valence-corrected chi connectivity index (χ0v) is 18.7. The predicted octanol–water partition coefficient (Wildman–Crippen LogP) is 2.76. The Hall–Kier alpha value is -2.81. The topological polar surface area (TPSA) is 120 Å². The summed E-state index contributed by atoms with van der Waals surface area (Å²) in [6.07, 6.45) is 4.18. The highest BCUT2D eigenvalue weighted by Crippen LogP contribution is 2.28. The van der Waals surface area contributed by atoms with Crippen molar-refractivity contribution in [3.63, 3.8) is 0 Å². The first-order chi connectivity index (χ1) is 14.7. The number of benzene rings is 1. The Bertz CT molecular complexity index is 771. The molecule has 4 amide bonds. The van der Waals surface area contributed by atoms with Crippen LogP contribution in [0.5, 0.6) is 5.75 Å². The van der Waals surface area contributed by atoms with Gasteiger partial charge in [0.25, 0.3) is 5.91 Å². The molecule has 0 aromatic heterocycles. The summed E-state index contributed by atoms with van der Waals surface area (Å²) in [6, 6.07) is 5.54. The van der Waals surface area contributed by atoms with E-state index < -0.39 is 23.4 Å². The van der Waals surface area contributed by atoms with Crippen molar-refractivity contribution in [2.24, 2.45) is 11.3 Å². The van der Waals surface area contributed by atoms with Crippen LogP contribution < -0.4 is 20.9 Å². The molecule has 2 rings (SSSR count). The lowest BCUT2D eigenvalue weighted by Crippen LogP contribution is -2.57. The molecule has 0 aliphatic heterocycles. The third-order valence-electron chi connectivity index (χ3n) is 5.47. The van der Waals surface area contributed by atoms with Crippen LogP contribution in [0.15, 0.2) is 24.3 Å². The SMILES string of the molecule is COc1ccccc1NC(=O)N[C@H](C(=O)N(CC(=O)NO)CC1CCCC1)C(C)(C)C. The van der Waals surface area contributed by atoms with Gasteiger partial charge in [-0.2, -0.15) is 0 Å². The number of hydrogen-bond donors (Lipinski definition) is 4. The highest BCUT2D eigenvalue weighted by atomic mass is 16.5. The first-order valence-electron chi connectivity index (χ1n) is 10.6. The smallest absolute Gasteiger partial charge is 0.320 e. The molecule has 0 spiro atoms. The van der Waals surface area contributed by atoms with Crippen molar-refractivity contribution in [1.82, 2.24) is 15.7 Å². The van der Waals surface area contributed by atoms with Crippen LogP contribution in [0, 0.1) is 11.3 Å². The van der Waals surface area contributed by atoms with Crippen LogP contribution >= 0.6 is 0 Å². The maximum atomic E-state index is 13.4. The molecule has 1 aliphatic carbocycles. The molecule has 1 saturated carbocycles. The third kappa shape index (κ3) is 7.13. The molecular weight excluding hydrogens is 400 g/mol. The number of amides is 4. The lowest BCUT2D eigenvalue weighted by molar-refractivity contribution is -0.142. The van der Waals surface area contributed by atoms with E-state index in [0.717, 1.165) is 25.7 Å². The van der Waals surface area contributed by atoms with Crippen LogP contribution in [0.25, 0.3) is 0 Å². The fourth-order valence-corrected chi connectivity index (χ4v) is 3.81. The zero-order valence-electron chi connectivity index (χ0n) is 18.7. The second kappa shape index (κ2) is 11.0. The van der Waals surface area contributed by atoms with E-state index in [1.165, 1.54) is 12.0 Å². The van der Waals surface area contributed by atoms with Crippen LogP contribution in [0.4, 0.5) is 10.5 Å². The number of carbonyl (C=O) groups excluding carboxylic acids is 3. The molecule has 1 aromatic rings. The highest BCUT2D eigenvalue weighted by Gasteiger charge is 2.37. The quantitative estimate of drug-likeness (QED) is 0.370. The van der Waals surface area contributed by atoms with Gasteiger partial charge in [0.2, 0.25) is 5.91 Å². The van der Waals surface area contributed by atoms with E-state index in [0.29, 0.717) is 23.9 Å². The van der Waals surface area contributed by atoms with Gasteiger partial charge >= 0.3 is 6.03 Å². The second-order valence-corrected chi connectivity index (χ2v) is 9.00. The van der Waals surface area contributed by atoms with Gasteiger partial charge in [-0.25, -0.2) is 10.3 Å². The van der Waals surface area contributed by atoms with Crippen molar-refractivity contribution < 1.29 is 24.3 Å². The first kappa shape index (κ1) is 24.5. The number of ether oxygens (including phenoxy) is 1. The molecule has 1 atom stereocenters. The number of rotatable bonds is 8. The molecule has 0 saturated heterocycles. The molecule has 1 aromatic carbocycles. The van der Waals surface area contributed by atoms with E-state index in [4.69, 9.17) is 9.94 Å². The van der Waals surface area contributed by atoms with Crippen LogP contribution in [0.1, 0.15) is 46.5 Å². The van der Waals surface area contributed by atoms with Gasteiger partial charge in [0, 0.05) is 6.54 Å². The summed E-state index contributed by atoms with van der Waals surface area (Å²) in [5.74, 6) is -0.229. The van der Waals surface area contributed by atoms with E-state index in [9.17, 15) is 14.4 Å². The van der Waals surface area contributed by atoms with Gasteiger partial charge < -0.3 is 20.3 Å². The van der Waals surface area contributed by atoms with Gasteiger partial charge in [0.05, 0.1) is 12.8 Å². The van der Waals surface area contributed by atoms with Crippen molar-refractivity contribution in [2.75, 3.05) is 25.5 Å². The molecule has 1 aliphatic rings. The lowest BCUT2D eigenvalue weighted by atomic mass is 9.85. The average molecular weight is 435 g/mol. The van der Waals surface area contributed by atoms with Gasteiger partial charge in [-0.15, -0.1) is 0 Å². The average Bonchev–Trinajstić information content (AvgIpc) is 3.23. The number of nitrogens with one attached hydrogen (secondary N) is 3. The van der Waals surface area contributed by atoms with Crippen molar-refractivity contribution in [1.29, 1.82) is 0 Å². The molecule has 31 heavy (non-hydrogen) atoms. The summed E-state index contributed by atoms with van der Waals surface area (Å²) in [6.45, 7) is 5.68. The first-order valence-corrected chi connectivity index (χ1v) is 10.6. The van der Waals surface area contributed by atoms with Crippen molar-refractivity contribution in [3.05, 3.63) is 24.3 Å². The molecule has 4 N–H and O–H groups in total. The molecule has 9 heteroatoms. The van der Waals surface area contributed by atoms with Gasteiger partial charge in [0.15, 0.2) is 0 Å². The summed E-state index contributed by atoms with van der Waals surface area (Å²) in [5.41, 5.74) is 1.46. The lowest BCUT2D eigenvalue weighted by Gasteiger charge is -2.35. The molecular formula is C22H34N4O5. The zero-order chi connectivity index (χ0) is 23.0. The van der Waals surface area contributed by atoms with E-state index in [2.05, 4.69) is 10.6 Å². The van der Waals surface area contributed by atoms with Crippen molar-refractivity contribution >= 4 is 23.5 Å². The Morgan fingerprint density at radius 2 is 1.84 bits per heavy atom. The summed E-state index contributed by atoms with van der Waals surface area (Å²) in [5, 5.41) is 14.4. The minimum Gasteiger partial charge on any atom is -0.495 e. The van der Waals surface area contributed by atoms with Gasteiger partial charge in [-0.3, -0.25) is 14.8 Å². The number of methoxy groups -OCH3 is 1. The normalized spacial score (nSPS) is 15.1. The molecule has 0 unspecified atom stereocenters. The fourth-order valence-electron chi connectivity index (χ4n) is 3.81. The van der Waals surface area contributed by atoms with Gasteiger partial charge in [0.1, 0.15) is 18.3 Å². The third-order valence-corrected chi connectivity index (χ3v) is 5.47. The number of para-hydroxylation sites is 2. The molecule has 0 radical (unpaired) electrons. The molecule has 172 valence electrons. The van der Waals surface area contributed by atoms with E-state index in [-0.39, 0.29) is 12.5 Å². The molecule has 0 heterocycles. The Kier molecular flexibility index (Phi) is 8.67. The molecule has 1 fully saturated rings. The maximum Gasteiger partial charge on any atom is 0.320 e. The number of hydroxylamine groups is 1. The number of anilines is 1. The second-order valence-electron chi connectivity index (χ2n) is 9.00. The minimum atomic E-state index is -0.880. The Morgan fingerprint density at radius 1 is 1.19 bits per heavy atom. The Morgan fingerprint density at radius 3 is 2.42 bits per heavy atom. The standard InChI is InChI=1S/C22H34N4O5/c1-22(2,3)19(24-21(29)23-16-11-7-8-12-17(16)31-4)20(28)26(14-18(27)25-30)13-15-9-5-6-10-15/h7-8,11-12,15,19,30H,5-6,9-10,13-14H2,1-4H3,(H,25,27)(H2,23,24,29)/t19-/m1/s1. The number of hydrogen-bond acceptors (Lipinski definition) is 5. The number of carbonyl (C=O) groups is 3. The predicted molar refractivity (Wildman–Crippen MR) is 117 cm³/mol. The van der Waals surface area contributed by atoms with E-state index in [1.807, 2.05) is 20.8 Å². The monoisotopic (exact) mass is 434 g/mol. The Balaban J connectivity index is 2.18. The summed E-state index contributed by atoms with van der Waals surface area (Å²) < 4.78 is 5.25. The van der Waals surface area contributed by atoms with Crippen LogP contribution in [-0.4, -0.2) is 54.2 Å². The van der Waals surface area contributed by atoms with Crippen LogP contribution in [-0.2, 0) is 9.59 Å². The largest absolute Gasteiger partial charge is 0.495 e. The van der Waals surface area contributed by atoms with Crippen LogP contribution in [0.3, 0.4) is 0 Å². The fraction of sp³-hybridized carbons (Fsp3) is 0.591. The van der Waals surface area contributed by atoms with Gasteiger partial charge in [-0.1, -0.05) is 45.7 Å². The van der Waals surface area contributed by atoms with Crippen molar-refractivity contribution in [3.8, 4) is 5.75 Å². The summed E-state index contributed by atoms with van der Waals surface area (Å²) >= 11 is 0. The van der Waals surface area contributed by atoms with E-state index >= 15 is 0 Å². The van der Waals surface area contributed by atoms with E-state index in [1.54, 1.807) is 29.7 Å². The highest BCUT2D eigenvalue weighted by molar-refractivity contribution is 5.96. The molecule has 0 bridgehead atoms. The minimum absolute atomic E-state index is 0.270. The maximum absolute atomic E-state index is 13.4. The Labute approximate surface area is 183 Å². The summed E-state index contributed by atoms with van der Waals surface area (Å²) in [4.78, 5) is 39.4. The van der Waals surface area contributed by atoms with Crippen molar-refractivity contribution in [2.45, 2.75) is 52.5 Å². The van der Waals surface area contributed by atoms with Crippen LogP contribution in [0.2, 0.25) is 0 Å². The number of urea groups is 1. The van der Waals surface area contributed by atoms with Gasteiger partial charge in [-0.05, 0) is 36.3 Å². The molecule has 9 nitrogen and oxygen atoms in total. The summed E-state index contributed by atoms with van der Waals surface area (Å²) in [7, 11) is 1.51.